The first-order valence-corrected chi connectivity index (χ1v) is 7.48. The minimum Gasteiger partial charge on any atom is -0.481 e. The van der Waals surface area contributed by atoms with Gasteiger partial charge in [-0.2, -0.15) is 4.98 Å². The standard InChI is InChI=1S/C14H21N3O3/c18-14(19)11-3-1-9(2-4-11)7-15-8-12-16-13(17-20-12)10-5-6-10/h9-11,15H,1-8H2,(H,18,19). The van der Waals surface area contributed by atoms with Gasteiger partial charge in [-0.05, 0) is 51.0 Å². The van der Waals surface area contributed by atoms with Crippen molar-refractivity contribution >= 4 is 5.97 Å². The maximum absolute atomic E-state index is 10.9. The van der Waals surface area contributed by atoms with Gasteiger partial charge in [0.05, 0.1) is 12.5 Å². The Morgan fingerprint density at radius 1 is 1.25 bits per heavy atom. The first kappa shape index (κ1) is 13.5. The van der Waals surface area contributed by atoms with E-state index in [0.717, 1.165) is 38.1 Å². The van der Waals surface area contributed by atoms with Crippen LogP contribution in [0.2, 0.25) is 0 Å². The summed E-state index contributed by atoms with van der Waals surface area (Å²) in [4.78, 5) is 15.3. The van der Waals surface area contributed by atoms with Crippen LogP contribution in [0.5, 0.6) is 0 Å². The van der Waals surface area contributed by atoms with Crippen molar-refractivity contribution in [1.29, 1.82) is 0 Å². The normalized spacial score (nSPS) is 26.6. The summed E-state index contributed by atoms with van der Waals surface area (Å²) >= 11 is 0. The summed E-state index contributed by atoms with van der Waals surface area (Å²) in [6.45, 7) is 1.51. The fraction of sp³-hybridized carbons (Fsp3) is 0.786. The minimum atomic E-state index is -0.644. The molecule has 3 rings (SSSR count). The molecular formula is C14H21N3O3. The number of carboxylic acids is 1. The molecule has 0 aliphatic heterocycles. The van der Waals surface area contributed by atoms with E-state index in [2.05, 4.69) is 15.5 Å². The molecule has 0 atom stereocenters. The van der Waals surface area contributed by atoms with Crippen molar-refractivity contribution in [3.63, 3.8) is 0 Å². The fourth-order valence-corrected chi connectivity index (χ4v) is 2.84. The van der Waals surface area contributed by atoms with Gasteiger partial charge in [-0.15, -0.1) is 0 Å². The van der Waals surface area contributed by atoms with Crippen molar-refractivity contribution in [2.24, 2.45) is 11.8 Å². The molecule has 110 valence electrons. The lowest BCUT2D eigenvalue weighted by Crippen LogP contribution is -2.28. The van der Waals surface area contributed by atoms with Gasteiger partial charge in [0.25, 0.3) is 0 Å². The van der Waals surface area contributed by atoms with E-state index in [4.69, 9.17) is 9.63 Å². The maximum Gasteiger partial charge on any atom is 0.306 e. The molecule has 0 bridgehead atoms. The largest absolute Gasteiger partial charge is 0.481 e. The minimum absolute atomic E-state index is 0.136. The third-order valence-electron chi connectivity index (χ3n) is 4.33. The third kappa shape index (κ3) is 3.36. The number of nitrogens with one attached hydrogen (secondary N) is 1. The molecule has 6 nitrogen and oxygen atoms in total. The zero-order valence-electron chi connectivity index (χ0n) is 11.5. The number of aliphatic carboxylic acids is 1. The van der Waals surface area contributed by atoms with Gasteiger partial charge in [-0.25, -0.2) is 0 Å². The Morgan fingerprint density at radius 3 is 2.65 bits per heavy atom. The molecule has 2 N–H and O–H groups in total. The molecule has 0 aromatic carbocycles. The lowest BCUT2D eigenvalue weighted by molar-refractivity contribution is -0.143. The van der Waals surface area contributed by atoms with Crippen LogP contribution < -0.4 is 5.32 Å². The van der Waals surface area contributed by atoms with E-state index < -0.39 is 5.97 Å². The molecule has 2 saturated carbocycles. The van der Waals surface area contributed by atoms with Crippen molar-refractivity contribution in [3.8, 4) is 0 Å². The van der Waals surface area contributed by atoms with Gasteiger partial charge in [0, 0.05) is 5.92 Å². The number of aromatic nitrogens is 2. The predicted octanol–water partition coefficient (Wildman–Crippen LogP) is 1.93. The van der Waals surface area contributed by atoms with Gasteiger partial charge in [0.15, 0.2) is 5.82 Å². The fourth-order valence-electron chi connectivity index (χ4n) is 2.84. The monoisotopic (exact) mass is 279 g/mol. The van der Waals surface area contributed by atoms with Gasteiger partial charge in [-0.1, -0.05) is 5.16 Å². The average Bonchev–Trinajstić information content (AvgIpc) is 3.20. The molecular weight excluding hydrogens is 258 g/mol. The van der Waals surface area contributed by atoms with Crippen LogP contribution in [0.4, 0.5) is 0 Å². The highest BCUT2D eigenvalue weighted by Gasteiger charge is 2.29. The van der Waals surface area contributed by atoms with Gasteiger partial charge in [0.2, 0.25) is 5.89 Å². The Morgan fingerprint density at radius 2 is 2.00 bits per heavy atom. The smallest absolute Gasteiger partial charge is 0.306 e. The molecule has 1 aromatic rings. The van der Waals surface area contributed by atoms with Crippen LogP contribution in [0, 0.1) is 11.8 Å². The summed E-state index contributed by atoms with van der Waals surface area (Å²) in [6, 6.07) is 0. The number of nitrogens with zero attached hydrogens (tertiary/aromatic N) is 2. The predicted molar refractivity (Wildman–Crippen MR) is 71.1 cm³/mol. The molecule has 0 unspecified atom stereocenters. The second-order valence-corrected chi connectivity index (χ2v) is 6.01. The number of hydrogen-bond acceptors (Lipinski definition) is 5. The van der Waals surface area contributed by atoms with Crippen molar-refractivity contribution in [2.75, 3.05) is 6.54 Å². The zero-order valence-corrected chi connectivity index (χ0v) is 11.5. The summed E-state index contributed by atoms with van der Waals surface area (Å²) in [5.41, 5.74) is 0. The van der Waals surface area contributed by atoms with Crippen molar-refractivity contribution < 1.29 is 14.4 Å². The van der Waals surface area contributed by atoms with Crippen LogP contribution >= 0.6 is 0 Å². The molecule has 0 radical (unpaired) electrons. The van der Waals surface area contributed by atoms with Crippen molar-refractivity contribution in [1.82, 2.24) is 15.5 Å². The number of carboxylic acid groups (broad SMARTS) is 1. The molecule has 1 aromatic heterocycles. The molecule has 6 heteroatoms. The van der Waals surface area contributed by atoms with Crippen LogP contribution in [0.3, 0.4) is 0 Å². The van der Waals surface area contributed by atoms with E-state index in [-0.39, 0.29) is 5.92 Å². The van der Waals surface area contributed by atoms with Crippen LogP contribution in [0.25, 0.3) is 0 Å². The Hall–Kier alpha value is -1.43. The average molecular weight is 279 g/mol. The number of hydrogen-bond donors (Lipinski definition) is 2. The molecule has 0 amide bonds. The van der Waals surface area contributed by atoms with E-state index >= 15 is 0 Å². The van der Waals surface area contributed by atoms with Crippen molar-refractivity contribution in [2.45, 2.75) is 51.0 Å². The van der Waals surface area contributed by atoms with Crippen LogP contribution in [0.15, 0.2) is 4.52 Å². The van der Waals surface area contributed by atoms with Gasteiger partial charge < -0.3 is 14.9 Å². The number of rotatable bonds is 6. The summed E-state index contributed by atoms with van der Waals surface area (Å²) in [5.74, 6) is 1.82. The van der Waals surface area contributed by atoms with Crippen LogP contribution in [-0.2, 0) is 11.3 Å². The van der Waals surface area contributed by atoms with E-state index in [1.807, 2.05) is 0 Å². The molecule has 2 aliphatic rings. The molecule has 20 heavy (non-hydrogen) atoms. The Bertz CT molecular complexity index is 462. The number of carbonyl (C=O) groups is 1. The van der Waals surface area contributed by atoms with Crippen LogP contribution in [0.1, 0.15) is 56.2 Å². The molecule has 0 spiro atoms. The van der Waals surface area contributed by atoms with Crippen molar-refractivity contribution in [3.05, 3.63) is 11.7 Å². The van der Waals surface area contributed by atoms with E-state index in [1.165, 1.54) is 12.8 Å². The first-order valence-electron chi connectivity index (χ1n) is 7.48. The van der Waals surface area contributed by atoms with Gasteiger partial charge in [0.1, 0.15) is 0 Å². The van der Waals surface area contributed by atoms with E-state index in [1.54, 1.807) is 0 Å². The maximum atomic E-state index is 10.9. The lowest BCUT2D eigenvalue weighted by Gasteiger charge is -2.25. The summed E-state index contributed by atoms with van der Waals surface area (Å²) in [7, 11) is 0. The van der Waals surface area contributed by atoms with Gasteiger partial charge >= 0.3 is 5.97 Å². The molecule has 2 aliphatic carbocycles. The van der Waals surface area contributed by atoms with E-state index in [9.17, 15) is 4.79 Å². The highest BCUT2D eigenvalue weighted by atomic mass is 16.5. The highest BCUT2D eigenvalue weighted by Crippen LogP contribution is 2.38. The Kier molecular flexibility index (Phi) is 4.00. The quantitative estimate of drug-likeness (QED) is 0.827. The van der Waals surface area contributed by atoms with Gasteiger partial charge in [-0.3, -0.25) is 4.79 Å². The summed E-state index contributed by atoms with van der Waals surface area (Å²) in [5, 5.41) is 16.3. The lowest BCUT2D eigenvalue weighted by atomic mass is 9.82. The first-order chi connectivity index (χ1) is 9.72. The molecule has 0 saturated heterocycles. The zero-order chi connectivity index (χ0) is 13.9. The second-order valence-electron chi connectivity index (χ2n) is 6.01. The summed E-state index contributed by atoms with van der Waals surface area (Å²) in [6.07, 6.45) is 5.93. The molecule has 1 heterocycles. The van der Waals surface area contributed by atoms with E-state index in [0.29, 0.717) is 24.3 Å². The Balaban J connectivity index is 1.36. The summed E-state index contributed by atoms with van der Waals surface area (Å²) < 4.78 is 5.20. The second kappa shape index (κ2) is 5.91. The SMILES string of the molecule is O=C(O)C1CCC(CNCc2nc(C3CC3)no2)CC1. The van der Waals surface area contributed by atoms with Crippen LogP contribution in [-0.4, -0.2) is 27.8 Å². The molecule has 2 fully saturated rings. The highest BCUT2D eigenvalue weighted by molar-refractivity contribution is 5.69. The Labute approximate surface area is 117 Å². The third-order valence-corrected chi connectivity index (χ3v) is 4.33. The topological polar surface area (TPSA) is 88.2 Å².